The van der Waals surface area contributed by atoms with Crippen LogP contribution in [0.1, 0.15) is 59.7 Å². The summed E-state index contributed by atoms with van der Waals surface area (Å²) in [6.07, 6.45) is 4.97. The van der Waals surface area contributed by atoms with E-state index in [1.54, 1.807) is 12.0 Å². The van der Waals surface area contributed by atoms with Crippen LogP contribution >= 0.6 is 0 Å². The number of ether oxygens (including phenoxy) is 4. The molecule has 10 heteroatoms. The van der Waals surface area contributed by atoms with Gasteiger partial charge in [-0.2, -0.15) is 0 Å². The Morgan fingerprint density at radius 1 is 0.979 bits per heavy atom. The zero-order valence-corrected chi connectivity index (χ0v) is 28.1. The Bertz CT molecular complexity index is 1560. The zero-order chi connectivity index (χ0) is 33.9. The molecule has 0 atom stereocenters. The predicted octanol–water partition coefficient (Wildman–Crippen LogP) is 6.97. The van der Waals surface area contributed by atoms with E-state index in [4.69, 9.17) is 18.9 Å². The van der Waals surface area contributed by atoms with Crippen molar-refractivity contribution < 1.29 is 33.3 Å². The summed E-state index contributed by atoms with van der Waals surface area (Å²) in [5.74, 6) is -0.141. The summed E-state index contributed by atoms with van der Waals surface area (Å²) >= 11 is 0. The number of urea groups is 1. The van der Waals surface area contributed by atoms with Gasteiger partial charge in [-0.25, -0.2) is 9.59 Å². The van der Waals surface area contributed by atoms with Gasteiger partial charge >= 0.3 is 18.0 Å². The van der Waals surface area contributed by atoms with Crippen LogP contribution in [0, 0.1) is 6.92 Å². The van der Waals surface area contributed by atoms with Crippen molar-refractivity contribution in [2.75, 3.05) is 56.8 Å². The smallest absolute Gasteiger partial charge is 0.341 e. The number of nitrogens with zero attached hydrogens (tertiary/aromatic N) is 2. The minimum absolute atomic E-state index is 0.102. The molecule has 0 bridgehead atoms. The normalized spacial score (nSPS) is 14.6. The molecule has 1 fully saturated rings. The van der Waals surface area contributed by atoms with Gasteiger partial charge in [0.25, 0.3) is 0 Å². The van der Waals surface area contributed by atoms with Crippen molar-refractivity contribution in [3.8, 4) is 5.75 Å². The highest BCUT2D eigenvalue weighted by molar-refractivity contribution is 6.11. The highest BCUT2D eigenvalue weighted by Gasteiger charge is 2.33. The number of para-hydroxylation sites is 2. The maximum Gasteiger partial charge on any atom is 0.341 e. The summed E-state index contributed by atoms with van der Waals surface area (Å²) in [5.41, 5.74) is 5.14. The van der Waals surface area contributed by atoms with Crippen LogP contribution in [0.5, 0.6) is 5.75 Å². The van der Waals surface area contributed by atoms with Crippen LogP contribution in [-0.2, 0) is 32.0 Å². The molecular formula is C38H45N3O7. The number of rotatable bonds is 14. The molecule has 3 aromatic rings. The number of methoxy groups -OCH3 is 1. The van der Waals surface area contributed by atoms with Gasteiger partial charge in [0.1, 0.15) is 12.4 Å². The van der Waals surface area contributed by atoms with Crippen LogP contribution in [0.2, 0.25) is 0 Å². The zero-order valence-electron chi connectivity index (χ0n) is 28.1. The maximum absolute atomic E-state index is 14.1. The molecule has 3 aromatic carbocycles. The Morgan fingerprint density at radius 3 is 2.29 bits per heavy atom. The van der Waals surface area contributed by atoms with Crippen molar-refractivity contribution >= 4 is 35.0 Å². The Hall–Kier alpha value is -4.67. The second-order valence-corrected chi connectivity index (χ2v) is 12.0. The molecule has 0 unspecified atom stereocenters. The van der Waals surface area contributed by atoms with Crippen molar-refractivity contribution in [2.45, 2.75) is 52.6 Å². The largest absolute Gasteiger partial charge is 0.496 e. The van der Waals surface area contributed by atoms with Gasteiger partial charge < -0.3 is 24.3 Å². The molecule has 10 nitrogen and oxygen atoms in total. The van der Waals surface area contributed by atoms with E-state index < -0.39 is 12.0 Å². The Labute approximate surface area is 282 Å². The van der Waals surface area contributed by atoms with E-state index >= 15 is 0 Å². The minimum atomic E-state index is -0.494. The molecule has 2 amide bonds. The van der Waals surface area contributed by atoms with Crippen molar-refractivity contribution in [2.24, 2.45) is 0 Å². The number of amides is 2. The van der Waals surface area contributed by atoms with Gasteiger partial charge in [0.05, 0.1) is 49.6 Å². The van der Waals surface area contributed by atoms with Crippen molar-refractivity contribution in [3.63, 3.8) is 0 Å². The second-order valence-electron chi connectivity index (χ2n) is 12.0. The molecule has 254 valence electrons. The summed E-state index contributed by atoms with van der Waals surface area (Å²) in [4.78, 5) is 43.6. The number of fused-ring (bicyclic) bond motifs is 1. The van der Waals surface area contributed by atoms with E-state index in [2.05, 4.69) is 10.2 Å². The average molecular weight is 656 g/mol. The maximum atomic E-state index is 14.1. The van der Waals surface area contributed by atoms with Gasteiger partial charge in [-0.1, -0.05) is 48.0 Å². The van der Waals surface area contributed by atoms with Crippen LogP contribution in [0.4, 0.5) is 21.9 Å². The Balaban J connectivity index is 1.30. The minimum Gasteiger partial charge on any atom is -0.496 e. The first kappa shape index (κ1) is 34.7. The topological polar surface area (TPSA) is 107 Å². The SMILES string of the molecule is COc1c(C)c2c(c(NC(=O)N(c3ccccc3)c3ccccc3)c1CC=C(C)CCC(=O)OCCCCN1CCOCC1)C(=O)OC2. The molecule has 48 heavy (non-hydrogen) atoms. The monoisotopic (exact) mass is 655 g/mol. The van der Waals surface area contributed by atoms with Gasteiger partial charge in [0.15, 0.2) is 0 Å². The van der Waals surface area contributed by atoms with Gasteiger partial charge in [0.2, 0.25) is 0 Å². The molecule has 2 aliphatic rings. The lowest BCUT2D eigenvalue weighted by Crippen LogP contribution is -2.36. The van der Waals surface area contributed by atoms with E-state index in [0.717, 1.165) is 56.8 Å². The summed E-state index contributed by atoms with van der Waals surface area (Å²) in [7, 11) is 1.58. The molecule has 0 saturated carbocycles. The van der Waals surface area contributed by atoms with Crippen LogP contribution in [-0.4, -0.2) is 69.4 Å². The molecule has 0 aromatic heterocycles. The van der Waals surface area contributed by atoms with Crippen molar-refractivity contribution in [1.29, 1.82) is 0 Å². The van der Waals surface area contributed by atoms with E-state index in [9.17, 15) is 14.4 Å². The molecular weight excluding hydrogens is 610 g/mol. The lowest BCUT2D eigenvalue weighted by atomic mass is 9.93. The molecule has 1 saturated heterocycles. The number of hydrogen-bond donors (Lipinski definition) is 1. The molecule has 2 aliphatic heterocycles. The van der Waals surface area contributed by atoms with E-state index in [1.165, 1.54) is 0 Å². The molecule has 2 heterocycles. The average Bonchev–Trinajstić information content (AvgIpc) is 3.50. The number of carbonyl (C=O) groups is 3. The number of cyclic esters (lactones) is 1. The van der Waals surface area contributed by atoms with Gasteiger partial charge in [-0.05, 0) is 75.9 Å². The predicted molar refractivity (Wildman–Crippen MR) is 185 cm³/mol. The fourth-order valence-electron chi connectivity index (χ4n) is 6.09. The summed E-state index contributed by atoms with van der Waals surface area (Å²) in [6, 6.07) is 18.2. The molecule has 0 spiro atoms. The first-order chi connectivity index (χ1) is 23.4. The van der Waals surface area contributed by atoms with E-state index in [1.807, 2.05) is 80.6 Å². The lowest BCUT2D eigenvalue weighted by molar-refractivity contribution is -0.143. The summed E-state index contributed by atoms with van der Waals surface area (Å²) in [5, 5.41) is 3.06. The number of unbranched alkanes of at least 4 members (excludes halogenated alkanes) is 1. The quantitative estimate of drug-likeness (QED) is 0.113. The molecule has 0 radical (unpaired) electrons. The van der Waals surface area contributed by atoms with Crippen LogP contribution < -0.4 is 15.0 Å². The molecule has 5 rings (SSSR count). The second kappa shape index (κ2) is 16.9. The van der Waals surface area contributed by atoms with Gasteiger partial charge in [-0.15, -0.1) is 0 Å². The fraction of sp³-hybridized carbons (Fsp3) is 0.395. The van der Waals surface area contributed by atoms with E-state index in [0.29, 0.717) is 59.0 Å². The van der Waals surface area contributed by atoms with Gasteiger partial charge in [-0.3, -0.25) is 14.6 Å². The third kappa shape index (κ3) is 8.62. The van der Waals surface area contributed by atoms with Gasteiger partial charge in [0, 0.05) is 30.6 Å². The van der Waals surface area contributed by atoms with Crippen LogP contribution in [0.3, 0.4) is 0 Å². The number of hydrogen-bond acceptors (Lipinski definition) is 8. The number of esters is 2. The number of allylic oxidation sites excluding steroid dienone is 2. The Morgan fingerprint density at radius 2 is 1.65 bits per heavy atom. The lowest BCUT2D eigenvalue weighted by Gasteiger charge is -2.26. The highest BCUT2D eigenvalue weighted by Crippen LogP contribution is 2.42. The number of carbonyl (C=O) groups excluding carboxylic acids is 3. The highest BCUT2D eigenvalue weighted by atomic mass is 16.5. The standard InChI is InChI=1S/C38H45N3O7/c1-27(17-19-33(42)47-23-11-10-20-40-21-24-46-25-22-40)16-18-31-35(34-32(26-48-37(34)43)28(2)36(31)45-3)39-38(44)41(29-12-6-4-7-13-29)30-14-8-5-9-15-30/h4-9,12-16H,10-11,17-26H2,1-3H3,(H,39,44). The third-order valence-electron chi connectivity index (χ3n) is 8.75. The van der Waals surface area contributed by atoms with Crippen LogP contribution in [0.15, 0.2) is 72.3 Å². The number of benzene rings is 3. The fourth-order valence-corrected chi connectivity index (χ4v) is 6.09. The van der Waals surface area contributed by atoms with E-state index in [-0.39, 0.29) is 19.0 Å². The number of nitrogens with one attached hydrogen (secondary N) is 1. The number of morpholine rings is 1. The summed E-state index contributed by atoms with van der Waals surface area (Å²) < 4.78 is 22.2. The van der Waals surface area contributed by atoms with Crippen molar-refractivity contribution in [3.05, 3.63) is 94.6 Å². The first-order valence-electron chi connectivity index (χ1n) is 16.6. The Kier molecular flexibility index (Phi) is 12.2. The number of anilines is 3. The molecule has 0 aliphatic carbocycles. The van der Waals surface area contributed by atoms with Crippen LogP contribution in [0.25, 0.3) is 0 Å². The third-order valence-corrected chi connectivity index (χ3v) is 8.75. The van der Waals surface area contributed by atoms with Crippen molar-refractivity contribution in [1.82, 2.24) is 4.90 Å². The molecule has 1 N–H and O–H groups in total. The summed E-state index contributed by atoms with van der Waals surface area (Å²) in [6.45, 7) is 8.84. The first-order valence-corrected chi connectivity index (χ1v) is 16.6.